The van der Waals surface area contributed by atoms with Crippen molar-refractivity contribution in [2.75, 3.05) is 13.2 Å². The van der Waals surface area contributed by atoms with Gasteiger partial charge in [0.15, 0.2) is 5.82 Å². The Morgan fingerprint density at radius 2 is 1.94 bits per heavy atom. The van der Waals surface area contributed by atoms with Crippen molar-refractivity contribution in [2.45, 2.75) is 37.6 Å². The van der Waals surface area contributed by atoms with Crippen molar-refractivity contribution in [3.63, 3.8) is 0 Å². The zero-order chi connectivity index (χ0) is 11.0. The van der Waals surface area contributed by atoms with Crippen molar-refractivity contribution < 1.29 is 9.26 Å². The molecule has 5 heteroatoms. The van der Waals surface area contributed by atoms with Gasteiger partial charge in [-0.1, -0.05) is 5.16 Å². The molecule has 1 aromatic rings. The molecule has 5 nitrogen and oxygen atoms in total. The summed E-state index contributed by atoms with van der Waals surface area (Å²) < 4.78 is 10.6. The zero-order valence-corrected chi connectivity index (χ0v) is 9.26. The molecule has 1 aliphatic heterocycles. The van der Waals surface area contributed by atoms with Crippen LogP contribution in [0.4, 0.5) is 0 Å². The molecule has 16 heavy (non-hydrogen) atoms. The Labute approximate surface area is 94.3 Å². The van der Waals surface area contributed by atoms with Gasteiger partial charge >= 0.3 is 0 Å². The van der Waals surface area contributed by atoms with Gasteiger partial charge in [0.05, 0.1) is 6.04 Å². The minimum atomic E-state index is -0.0545. The molecule has 2 N–H and O–H groups in total. The first kappa shape index (κ1) is 10.2. The second-order valence-corrected chi connectivity index (χ2v) is 4.74. The Kier molecular flexibility index (Phi) is 2.65. The van der Waals surface area contributed by atoms with Crippen LogP contribution in [0.2, 0.25) is 0 Å². The summed E-state index contributed by atoms with van der Waals surface area (Å²) in [4.78, 5) is 4.44. The summed E-state index contributed by atoms with van der Waals surface area (Å²) >= 11 is 0. The summed E-state index contributed by atoms with van der Waals surface area (Å²) in [6.45, 7) is 1.59. The van der Waals surface area contributed by atoms with Gasteiger partial charge in [-0.25, -0.2) is 0 Å². The molecule has 0 amide bonds. The van der Waals surface area contributed by atoms with E-state index in [-0.39, 0.29) is 6.04 Å². The highest BCUT2D eigenvalue weighted by molar-refractivity contribution is 5.02. The van der Waals surface area contributed by atoms with Gasteiger partial charge in [-0.2, -0.15) is 4.98 Å². The maximum absolute atomic E-state index is 6.02. The molecule has 0 radical (unpaired) electrons. The standard InChI is InChI=1S/C11H17N3O2/c12-9(7-1-2-7)11-13-10(14-16-11)8-3-5-15-6-4-8/h7-9H,1-6,12H2. The van der Waals surface area contributed by atoms with Gasteiger partial charge < -0.3 is 15.0 Å². The summed E-state index contributed by atoms with van der Waals surface area (Å²) in [5, 5.41) is 4.05. The van der Waals surface area contributed by atoms with E-state index in [2.05, 4.69) is 10.1 Å². The van der Waals surface area contributed by atoms with E-state index in [0.717, 1.165) is 31.9 Å². The second-order valence-electron chi connectivity index (χ2n) is 4.74. The summed E-state index contributed by atoms with van der Waals surface area (Å²) in [6.07, 6.45) is 4.35. The molecule has 1 aromatic heterocycles. The lowest BCUT2D eigenvalue weighted by Gasteiger charge is -2.18. The van der Waals surface area contributed by atoms with E-state index in [0.29, 0.717) is 17.7 Å². The summed E-state index contributed by atoms with van der Waals surface area (Å²) in [5.74, 6) is 2.37. The van der Waals surface area contributed by atoms with E-state index in [1.807, 2.05) is 0 Å². The van der Waals surface area contributed by atoms with Crippen LogP contribution in [-0.2, 0) is 4.74 Å². The molecule has 88 valence electrons. The van der Waals surface area contributed by atoms with Gasteiger partial charge in [-0.3, -0.25) is 0 Å². The number of hydrogen-bond acceptors (Lipinski definition) is 5. The SMILES string of the molecule is NC(c1nc(C2CCOCC2)no1)C1CC1. The maximum atomic E-state index is 6.02. The third kappa shape index (κ3) is 1.97. The van der Waals surface area contributed by atoms with Crippen LogP contribution in [-0.4, -0.2) is 23.4 Å². The third-order valence-corrected chi connectivity index (χ3v) is 3.46. The highest BCUT2D eigenvalue weighted by atomic mass is 16.5. The van der Waals surface area contributed by atoms with E-state index in [1.54, 1.807) is 0 Å². The van der Waals surface area contributed by atoms with Crippen LogP contribution in [0.15, 0.2) is 4.52 Å². The number of hydrogen-bond donors (Lipinski definition) is 1. The lowest BCUT2D eigenvalue weighted by Crippen LogP contribution is -2.16. The van der Waals surface area contributed by atoms with Gasteiger partial charge in [0.25, 0.3) is 0 Å². The highest BCUT2D eigenvalue weighted by Crippen LogP contribution is 2.39. The van der Waals surface area contributed by atoms with E-state index < -0.39 is 0 Å². The zero-order valence-electron chi connectivity index (χ0n) is 9.26. The Morgan fingerprint density at radius 3 is 2.62 bits per heavy atom. The van der Waals surface area contributed by atoms with Crippen LogP contribution >= 0.6 is 0 Å². The molecule has 1 aliphatic carbocycles. The molecule has 3 rings (SSSR count). The van der Waals surface area contributed by atoms with Gasteiger partial charge in [0.1, 0.15) is 0 Å². The third-order valence-electron chi connectivity index (χ3n) is 3.46. The molecule has 1 saturated carbocycles. The smallest absolute Gasteiger partial charge is 0.243 e. The fraction of sp³-hybridized carbons (Fsp3) is 0.818. The quantitative estimate of drug-likeness (QED) is 0.837. The molecular weight excluding hydrogens is 206 g/mol. The molecule has 0 spiro atoms. The molecule has 2 fully saturated rings. The number of rotatable bonds is 3. The molecule has 2 heterocycles. The van der Waals surface area contributed by atoms with Crippen LogP contribution in [0.1, 0.15) is 49.4 Å². The lowest BCUT2D eigenvalue weighted by atomic mass is 10.00. The number of aromatic nitrogens is 2. The second kappa shape index (κ2) is 4.14. The van der Waals surface area contributed by atoms with Crippen LogP contribution in [0.5, 0.6) is 0 Å². The Bertz CT molecular complexity index is 356. The molecule has 1 atom stereocenters. The number of ether oxygens (including phenoxy) is 1. The van der Waals surface area contributed by atoms with E-state index >= 15 is 0 Å². The van der Waals surface area contributed by atoms with Crippen molar-refractivity contribution in [1.29, 1.82) is 0 Å². The minimum absolute atomic E-state index is 0.0545. The van der Waals surface area contributed by atoms with E-state index in [1.165, 1.54) is 12.8 Å². The molecule has 1 unspecified atom stereocenters. The van der Waals surface area contributed by atoms with E-state index in [9.17, 15) is 0 Å². The largest absolute Gasteiger partial charge is 0.381 e. The maximum Gasteiger partial charge on any atom is 0.243 e. The first-order chi connectivity index (χ1) is 7.84. The van der Waals surface area contributed by atoms with Crippen LogP contribution in [0.25, 0.3) is 0 Å². The fourth-order valence-corrected chi connectivity index (χ4v) is 2.16. The molecule has 0 bridgehead atoms. The Balaban J connectivity index is 1.70. The van der Waals surface area contributed by atoms with Crippen molar-refractivity contribution in [1.82, 2.24) is 10.1 Å². The first-order valence-corrected chi connectivity index (χ1v) is 6.01. The Hall–Kier alpha value is -0.940. The molecular formula is C11H17N3O2. The first-order valence-electron chi connectivity index (χ1n) is 6.01. The average Bonchev–Trinajstić information content (AvgIpc) is 3.07. The Morgan fingerprint density at radius 1 is 1.19 bits per heavy atom. The molecule has 1 saturated heterocycles. The van der Waals surface area contributed by atoms with Crippen molar-refractivity contribution in [3.8, 4) is 0 Å². The van der Waals surface area contributed by atoms with Crippen molar-refractivity contribution in [2.24, 2.45) is 11.7 Å². The van der Waals surface area contributed by atoms with Crippen LogP contribution in [0.3, 0.4) is 0 Å². The lowest BCUT2D eigenvalue weighted by molar-refractivity contribution is 0.0830. The van der Waals surface area contributed by atoms with Crippen molar-refractivity contribution >= 4 is 0 Å². The van der Waals surface area contributed by atoms with Gasteiger partial charge in [0, 0.05) is 19.1 Å². The summed E-state index contributed by atoms with van der Waals surface area (Å²) in [6, 6.07) is -0.0545. The predicted octanol–water partition coefficient (Wildman–Crippen LogP) is 1.37. The highest BCUT2D eigenvalue weighted by Gasteiger charge is 2.34. The van der Waals surface area contributed by atoms with Gasteiger partial charge in [-0.15, -0.1) is 0 Å². The van der Waals surface area contributed by atoms with Gasteiger partial charge in [-0.05, 0) is 31.6 Å². The normalized spacial score (nSPS) is 24.6. The van der Waals surface area contributed by atoms with Crippen LogP contribution < -0.4 is 5.73 Å². The summed E-state index contributed by atoms with van der Waals surface area (Å²) in [5.41, 5.74) is 6.02. The topological polar surface area (TPSA) is 74.2 Å². The monoisotopic (exact) mass is 223 g/mol. The van der Waals surface area contributed by atoms with Gasteiger partial charge in [0.2, 0.25) is 5.89 Å². The average molecular weight is 223 g/mol. The van der Waals surface area contributed by atoms with Crippen molar-refractivity contribution in [3.05, 3.63) is 11.7 Å². The van der Waals surface area contributed by atoms with E-state index in [4.69, 9.17) is 15.0 Å². The summed E-state index contributed by atoms with van der Waals surface area (Å²) in [7, 11) is 0. The minimum Gasteiger partial charge on any atom is -0.381 e. The molecule has 0 aromatic carbocycles. The number of nitrogens with two attached hydrogens (primary N) is 1. The molecule has 2 aliphatic rings. The predicted molar refractivity (Wildman–Crippen MR) is 56.7 cm³/mol. The number of nitrogens with zero attached hydrogens (tertiary/aromatic N) is 2. The fourth-order valence-electron chi connectivity index (χ4n) is 2.16. The van der Waals surface area contributed by atoms with Crippen LogP contribution in [0, 0.1) is 5.92 Å².